The third-order valence-electron chi connectivity index (χ3n) is 5.76. The van der Waals surface area contributed by atoms with Crippen LogP contribution in [-0.2, 0) is 19.4 Å². The predicted molar refractivity (Wildman–Crippen MR) is 117 cm³/mol. The van der Waals surface area contributed by atoms with Gasteiger partial charge in [-0.25, -0.2) is 0 Å². The summed E-state index contributed by atoms with van der Waals surface area (Å²) in [7, 11) is 3.16. The molecule has 1 aliphatic rings. The second kappa shape index (κ2) is 8.95. The third kappa shape index (κ3) is 4.08. The molecule has 0 radical (unpaired) electrons. The predicted octanol–water partition coefficient (Wildman–Crippen LogP) is 1.45. The summed E-state index contributed by atoms with van der Waals surface area (Å²) in [4.78, 5) is 15.6. The van der Waals surface area contributed by atoms with Crippen LogP contribution >= 0.6 is 12.2 Å². The first kappa shape index (κ1) is 21.1. The zero-order valence-corrected chi connectivity index (χ0v) is 18.3. The van der Waals surface area contributed by atoms with Gasteiger partial charge in [0.25, 0.3) is 5.56 Å². The molecule has 2 aromatic carbocycles. The quantitative estimate of drug-likeness (QED) is 0.567. The summed E-state index contributed by atoms with van der Waals surface area (Å²) in [6, 6.07) is 13.2. The Labute approximate surface area is 185 Å². The number of aromatic nitrogens is 2. The molecule has 0 aliphatic carbocycles. The fourth-order valence-corrected chi connectivity index (χ4v) is 4.45. The Morgan fingerprint density at radius 3 is 2.61 bits per heavy atom. The lowest BCUT2D eigenvalue weighted by atomic mass is 9.90. The number of nitrogens with two attached hydrogens (primary N) is 1. The van der Waals surface area contributed by atoms with Gasteiger partial charge in [0.15, 0.2) is 16.3 Å². The minimum Gasteiger partial charge on any atom is -0.859 e. The number of fused-ring (bicyclic) bond motifs is 1. The van der Waals surface area contributed by atoms with E-state index in [0.29, 0.717) is 24.5 Å². The first-order chi connectivity index (χ1) is 15.0. The first-order valence-electron chi connectivity index (χ1n) is 10.2. The molecule has 0 fully saturated rings. The number of hydrogen-bond donors (Lipinski definition) is 2. The summed E-state index contributed by atoms with van der Waals surface area (Å²) in [6.45, 7) is 1.16. The molecule has 1 aliphatic heterocycles. The van der Waals surface area contributed by atoms with Gasteiger partial charge in [-0.05, 0) is 47.8 Å². The fourth-order valence-electron chi connectivity index (χ4n) is 4.18. The molecule has 0 bridgehead atoms. The standard InChI is InChI=1S/C23H25N3O4S/c1-29-17-12-15-8-10-24-20(16(15)13-18(17)30-2)19-21(27)25-23(31)26(22(19)28)11-9-14-6-4-3-5-7-14/h3-7,12-13,20,24,28H,8-11H2,1-2H3,(H,25,27,31)/t20-/m0/s1. The van der Waals surface area contributed by atoms with E-state index in [2.05, 4.69) is 4.98 Å². The number of benzene rings is 2. The van der Waals surface area contributed by atoms with Gasteiger partial charge in [0, 0.05) is 18.5 Å². The molecule has 3 N–H and O–H groups in total. The molecular formula is C23H25N3O4S. The molecule has 8 heteroatoms. The van der Waals surface area contributed by atoms with Crippen molar-refractivity contribution >= 4 is 12.2 Å². The van der Waals surface area contributed by atoms with Crippen molar-refractivity contribution in [1.29, 1.82) is 0 Å². The highest BCUT2D eigenvalue weighted by atomic mass is 32.1. The Hall–Kier alpha value is -3.10. The summed E-state index contributed by atoms with van der Waals surface area (Å²) in [6.07, 6.45) is 1.46. The first-order valence-corrected chi connectivity index (χ1v) is 10.6. The largest absolute Gasteiger partial charge is 0.859 e. The van der Waals surface area contributed by atoms with Gasteiger partial charge >= 0.3 is 0 Å². The van der Waals surface area contributed by atoms with Gasteiger partial charge in [0.1, 0.15) is 6.04 Å². The number of rotatable bonds is 6. The van der Waals surface area contributed by atoms with Crippen LogP contribution in [0.5, 0.6) is 17.4 Å². The lowest BCUT2D eigenvalue weighted by molar-refractivity contribution is -0.690. The van der Waals surface area contributed by atoms with Crippen molar-refractivity contribution in [2.45, 2.75) is 25.4 Å². The van der Waals surface area contributed by atoms with E-state index in [4.69, 9.17) is 21.7 Å². The number of nitrogens with one attached hydrogen (secondary N) is 1. The molecule has 162 valence electrons. The monoisotopic (exact) mass is 439 g/mol. The molecule has 4 rings (SSSR count). The van der Waals surface area contributed by atoms with E-state index >= 15 is 0 Å². The Morgan fingerprint density at radius 1 is 1.19 bits per heavy atom. The molecule has 2 heterocycles. The van der Waals surface area contributed by atoms with E-state index < -0.39 is 11.6 Å². The number of ether oxygens (including phenoxy) is 2. The van der Waals surface area contributed by atoms with Crippen LogP contribution in [0.1, 0.15) is 28.3 Å². The summed E-state index contributed by atoms with van der Waals surface area (Å²) in [5.41, 5.74) is 2.79. The van der Waals surface area contributed by atoms with Gasteiger partial charge in [-0.1, -0.05) is 30.3 Å². The number of H-pyrrole nitrogens is 1. The third-order valence-corrected chi connectivity index (χ3v) is 6.08. The van der Waals surface area contributed by atoms with Crippen LogP contribution < -0.4 is 25.5 Å². The van der Waals surface area contributed by atoms with Crippen molar-refractivity contribution in [1.82, 2.24) is 9.55 Å². The second-order valence-corrected chi connectivity index (χ2v) is 7.91. The number of aryl methyl sites for hydroxylation is 1. The maximum atomic E-state index is 13.4. The van der Waals surface area contributed by atoms with E-state index in [1.807, 2.05) is 47.8 Å². The molecular weight excluding hydrogens is 414 g/mol. The lowest BCUT2D eigenvalue weighted by Gasteiger charge is -2.29. The summed E-state index contributed by atoms with van der Waals surface area (Å²) >= 11 is 5.31. The molecule has 0 unspecified atom stereocenters. The van der Waals surface area contributed by atoms with Crippen molar-refractivity contribution < 1.29 is 19.9 Å². The maximum Gasteiger partial charge on any atom is 0.260 e. The fraction of sp³-hybridized carbons (Fsp3) is 0.304. The Kier molecular flexibility index (Phi) is 6.11. The van der Waals surface area contributed by atoms with Gasteiger partial charge in [-0.2, -0.15) is 0 Å². The van der Waals surface area contributed by atoms with Crippen LogP contribution in [0.15, 0.2) is 47.3 Å². The van der Waals surface area contributed by atoms with Gasteiger partial charge in [0.2, 0.25) is 0 Å². The van der Waals surface area contributed by atoms with Crippen LogP contribution in [-0.4, -0.2) is 30.3 Å². The number of methoxy groups -OCH3 is 2. The molecule has 31 heavy (non-hydrogen) atoms. The summed E-state index contributed by atoms with van der Waals surface area (Å²) in [5, 5.41) is 15.4. The normalized spacial score (nSPS) is 15.4. The van der Waals surface area contributed by atoms with E-state index in [9.17, 15) is 9.90 Å². The number of hydrogen-bond acceptors (Lipinski definition) is 5. The van der Waals surface area contributed by atoms with Gasteiger partial charge in [-0.15, -0.1) is 0 Å². The number of nitrogens with zero attached hydrogens (tertiary/aromatic N) is 1. The zero-order chi connectivity index (χ0) is 22.0. The highest BCUT2D eigenvalue weighted by molar-refractivity contribution is 7.71. The van der Waals surface area contributed by atoms with Gasteiger partial charge < -0.3 is 24.5 Å². The van der Waals surface area contributed by atoms with E-state index in [1.54, 1.807) is 14.2 Å². The van der Waals surface area contributed by atoms with Crippen molar-refractivity contribution in [3.63, 3.8) is 0 Å². The zero-order valence-electron chi connectivity index (χ0n) is 17.5. The number of quaternary nitrogens is 1. The average Bonchev–Trinajstić information content (AvgIpc) is 2.78. The molecule has 0 saturated carbocycles. The van der Waals surface area contributed by atoms with Gasteiger partial charge in [-0.3, -0.25) is 9.78 Å². The van der Waals surface area contributed by atoms with E-state index in [1.165, 1.54) is 4.57 Å². The SMILES string of the molecule is COc1cc2c(cc1OC)[C@@H](c1c([O-])n(CCc3ccccc3)c(=S)[nH]c1=O)[NH2+]CC2. The average molecular weight is 440 g/mol. The molecule has 1 aromatic heterocycles. The minimum absolute atomic E-state index is 0.151. The Balaban J connectivity index is 1.77. The number of aromatic amines is 1. The molecule has 0 saturated heterocycles. The molecule has 7 nitrogen and oxygen atoms in total. The van der Waals surface area contributed by atoms with Crippen molar-refractivity contribution in [2.24, 2.45) is 0 Å². The van der Waals surface area contributed by atoms with Crippen LogP contribution in [0, 0.1) is 4.77 Å². The molecule has 0 spiro atoms. The van der Waals surface area contributed by atoms with Gasteiger partial charge in [0.05, 0.1) is 26.3 Å². The molecule has 3 aromatic rings. The van der Waals surface area contributed by atoms with Crippen LogP contribution in [0.4, 0.5) is 0 Å². The topological polar surface area (TPSA) is 95.9 Å². The summed E-state index contributed by atoms with van der Waals surface area (Å²) in [5.74, 6) is 0.868. The highest BCUT2D eigenvalue weighted by Crippen LogP contribution is 2.36. The second-order valence-electron chi connectivity index (χ2n) is 7.52. The Morgan fingerprint density at radius 2 is 1.90 bits per heavy atom. The van der Waals surface area contributed by atoms with E-state index in [-0.39, 0.29) is 16.2 Å². The van der Waals surface area contributed by atoms with Crippen LogP contribution in [0.25, 0.3) is 0 Å². The van der Waals surface area contributed by atoms with Crippen molar-refractivity contribution in [3.8, 4) is 17.4 Å². The summed E-state index contributed by atoms with van der Waals surface area (Å²) < 4.78 is 12.5. The van der Waals surface area contributed by atoms with Crippen molar-refractivity contribution in [3.05, 3.63) is 79.8 Å². The van der Waals surface area contributed by atoms with Crippen LogP contribution in [0.2, 0.25) is 0 Å². The van der Waals surface area contributed by atoms with Crippen molar-refractivity contribution in [2.75, 3.05) is 20.8 Å². The Bertz CT molecular complexity index is 1200. The van der Waals surface area contributed by atoms with Crippen LogP contribution in [0.3, 0.4) is 0 Å². The highest BCUT2D eigenvalue weighted by Gasteiger charge is 2.30. The molecule has 0 amide bonds. The molecule has 1 atom stereocenters. The van der Waals surface area contributed by atoms with E-state index in [0.717, 1.165) is 29.7 Å². The minimum atomic E-state index is -0.435. The lowest BCUT2D eigenvalue weighted by Crippen LogP contribution is -2.87. The maximum absolute atomic E-state index is 13.4. The smallest absolute Gasteiger partial charge is 0.260 e.